The van der Waals surface area contributed by atoms with Gasteiger partial charge in [-0.25, -0.2) is 13.1 Å². The van der Waals surface area contributed by atoms with Gasteiger partial charge in [0.15, 0.2) is 0 Å². The summed E-state index contributed by atoms with van der Waals surface area (Å²) in [5.74, 6) is -0.478. The van der Waals surface area contributed by atoms with Crippen molar-refractivity contribution in [2.45, 2.75) is 43.5 Å². The molecular weight excluding hydrogens is 292 g/mol. The number of rotatable bonds is 6. The third kappa shape index (κ3) is 3.25. The molecule has 2 rings (SSSR count). The SMILES string of the molecule is CCC(CCO)NS(=O)(=O)c1ccc2c(c1)C(C)C(=O)N2. The highest BCUT2D eigenvalue weighted by molar-refractivity contribution is 7.89. The van der Waals surface area contributed by atoms with Gasteiger partial charge in [0.05, 0.1) is 10.8 Å². The number of carbonyl (C=O) groups excluding carboxylic acids is 1. The molecule has 1 heterocycles. The van der Waals surface area contributed by atoms with Gasteiger partial charge < -0.3 is 10.4 Å². The smallest absolute Gasteiger partial charge is 0.240 e. The molecular formula is C14H20N2O4S. The highest BCUT2D eigenvalue weighted by Crippen LogP contribution is 2.33. The number of nitrogens with one attached hydrogen (secondary N) is 2. The minimum absolute atomic E-state index is 0.0688. The van der Waals surface area contributed by atoms with Gasteiger partial charge in [0.1, 0.15) is 0 Å². The van der Waals surface area contributed by atoms with Crippen molar-refractivity contribution in [2.75, 3.05) is 11.9 Å². The molecule has 3 N–H and O–H groups in total. The van der Waals surface area contributed by atoms with Crippen LogP contribution in [-0.4, -0.2) is 32.1 Å². The van der Waals surface area contributed by atoms with Crippen molar-refractivity contribution in [3.05, 3.63) is 23.8 Å². The Morgan fingerprint density at radius 1 is 1.43 bits per heavy atom. The molecule has 0 aromatic heterocycles. The van der Waals surface area contributed by atoms with Crippen LogP contribution in [0.4, 0.5) is 5.69 Å². The molecule has 0 saturated carbocycles. The number of carbonyl (C=O) groups is 1. The van der Waals surface area contributed by atoms with Crippen LogP contribution in [0.2, 0.25) is 0 Å². The molecule has 1 aliphatic rings. The lowest BCUT2D eigenvalue weighted by molar-refractivity contribution is -0.116. The fraction of sp³-hybridized carbons (Fsp3) is 0.500. The Labute approximate surface area is 124 Å². The van der Waals surface area contributed by atoms with Crippen molar-refractivity contribution in [1.82, 2.24) is 4.72 Å². The van der Waals surface area contributed by atoms with Crippen LogP contribution in [0.5, 0.6) is 0 Å². The summed E-state index contributed by atoms with van der Waals surface area (Å²) in [6.07, 6.45) is 0.971. The van der Waals surface area contributed by atoms with Crippen LogP contribution < -0.4 is 10.0 Å². The molecule has 2 atom stereocenters. The zero-order chi connectivity index (χ0) is 15.6. The number of benzene rings is 1. The van der Waals surface area contributed by atoms with Crippen LogP contribution >= 0.6 is 0 Å². The van der Waals surface area contributed by atoms with Crippen LogP contribution in [-0.2, 0) is 14.8 Å². The molecule has 7 heteroatoms. The Balaban J connectivity index is 2.28. The highest BCUT2D eigenvalue weighted by Gasteiger charge is 2.28. The summed E-state index contributed by atoms with van der Waals surface area (Å²) in [6.45, 7) is 3.53. The molecule has 1 aliphatic heterocycles. The van der Waals surface area contributed by atoms with E-state index >= 15 is 0 Å². The first-order valence-electron chi connectivity index (χ1n) is 6.97. The quantitative estimate of drug-likeness (QED) is 0.735. The average Bonchev–Trinajstić information content (AvgIpc) is 2.73. The van der Waals surface area contributed by atoms with Crippen LogP contribution in [0.3, 0.4) is 0 Å². The number of hydrogen-bond acceptors (Lipinski definition) is 4. The van der Waals surface area contributed by atoms with Crippen LogP contribution in [0.1, 0.15) is 38.2 Å². The van der Waals surface area contributed by atoms with Crippen molar-refractivity contribution < 1.29 is 18.3 Å². The molecule has 0 fully saturated rings. The van der Waals surface area contributed by atoms with E-state index in [0.29, 0.717) is 24.1 Å². The van der Waals surface area contributed by atoms with E-state index in [-0.39, 0.29) is 29.4 Å². The second kappa shape index (κ2) is 6.13. The zero-order valence-electron chi connectivity index (χ0n) is 12.1. The number of aliphatic hydroxyl groups excluding tert-OH is 1. The summed E-state index contributed by atoms with van der Waals surface area (Å²) in [4.78, 5) is 11.7. The summed E-state index contributed by atoms with van der Waals surface area (Å²) in [7, 11) is -3.66. The van der Waals surface area contributed by atoms with Gasteiger partial charge in [-0.1, -0.05) is 6.92 Å². The lowest BCUT2D eigenvalue weighted by Crippen LogP contribution is -2.35. The lowest BCUT2D eigenvalue weighted by Gasteiger charge is -2.16. The van der Waals surface area contributed by atoms with Crippen molar-refractivity contribution in [3.8, 4) is 0 Å². The molecule has 1 amide bonds. The van der Waals surface area contributed by atoms with E-state index in [1.165, 1.54) is 12.1 Å². The first-order chi connectivity index (χ1) is 9.89. The second-order valence-electron chi connectivity index (χ2n) is 5.20. The number of fused-ring (bicyclic) bond motifs is 1. The monoisotopic (exact) mass is 312 g/mol. The van der Waals surface area contributed by atoms with Crippen LogP contribution in [0.25, 0.3) is 0 Å². The molecule has 1 aromatic carbocycles. The fourth-order valence-corrected chi connectivity index (χ4v) is 3.74. The molecule has 116 valence electrons. The van der Waals surface area contributed by atoms with E-state index in [2.05, 4.69) is 10.0 Å². The Kier molecular flexibility index (Phi) is 4.65. The van der Waals surface area contributed by atoms with Crippen molar-refractivity contribution in [2.24, 2.45) is 0 Å². The van der Waals surface area contributed by atoms with Gasteiger partial charge in [-0.2, -0.15) is 0 Å². The Morgan fingerprint density at radius 3 is 2.76 bits per heavy atom. The zero-order valence-corrected chi connectivity index (χ0v) is 12.9. The minimum atomic E-state index is -3.66. The maximum atomic E-state index is 12.4. The van der Waals surface area contributed by atoms with Gasteiger partial charge in [0.2, 0.25) is 15.9 Å². The molecule has 0 spiro atoms. The number of aliphatic hydroxyl groups is 1. The van der Waals surface area contributed by atoms with E-state index in [0.717, 1.165) is 0 Å². The van der Waals surface area contributed by atoms with Crippen molar-refractivity contribution in [1.29, 1.82) is 0 Å². The molecule has 1 aromatic rings. The van der Waals surface area contributed by atoms with E-state index in [4.69, 9.17) is 5.11 Å². The first-order valence-corrected chi connectivity index (χ1v) is 8.45. The highest BCUT2D eigenvalue weighted by atomic mass is 32.2. The van der Waals surface area contributed by atoms with Gasteiger partial charge in [0, 0.05) is 18.3 Å². The molecule has 2 unspecified atom stereocenters. The molecule has 0 saturated heterocycles. The van der Waals surface area contributed by atoms with Gasteiger partial charge in [-0.15, -0.1) is 0 Å². The summed E-state index contributed by atoms with van der Waals surface area (Å²) >= 11 is 0. The van der Waals surface area contributed by atoms with Gasteiger partial charge >= 0.3 is 0 Å². The van der Waals surface area contributed by atoms with Crippen LogP contribution in [0, 0.1) is 0 Å². The number of anilines is 1. The summed E-state index contributed by atoms with van der Waals surface area (Å²) in [5, 5.41) is 11.7. The second-order valence-corrected chi connectivity index (χ2v) is 6.91. The average molecular weight is 312 g/mol. The Hall–Kier alpha value is -1.44. The number of amides is 1. The van der Waals surface area contributed by atoms with E-state index < -0.39 is 10.0 Å². The standard InChI is InChI=1S/C14H20N2O4S/c1-3-10(6-7-17)16-21(19,20)11-4-5-13-12(8-11)9(2)14(18)15-13/h4-5,8-10,16-17H,3,6-7H2,1-2H3,(H,15,18). The molecule has 0 aliphatic carbocycles. The van der Waals surface area contributed by atoms with E-state index in [9.17, 15) is 13.2 Å². The van der Waals surface area contributed by atoms with Gasteiger partial charge in [-0.3, -0.25) is 4.79 Å². The lowest BCUT2D eigenvalue weighted by atomic mass is 10.0. The van der Waals surface area contributed by atoms with E-state index in [1.807, 2.05) is 6.92 Å². The number of sulfonamides is 1. The fourth-order valence-electron chi connectivity index (χ4n) is 2.35. The third-order valence-electron chi connectivity index (χ3n) is 3.74. The van der Waals surface area contributed by atoms with Crippen molar-refractivity contribution >= 4 is 21.6 Å². The predicted octanol–water partition coefficient (Wildman–Crippen LogP) is 1.18. The van der Waals surface area contributed by atoms with Gasteiger partial charge in [0.25, 0.3) is 0 Å². The predicted molar refractivity (Wildman–Crippen MR) is 79.6 cm³/mol. The van der Waals surface area contributed by atoms with Gasteiger partial charge in [-0.05, 0) is 43.5 Å². The molecule has 6 nitrogen and oxygen atoms in total. The van der Waals surface area contributed by atoms with Crippen molar-refractivity contribution in [3.63, 3.8) is 0 Å². The normalized spacial score (nSPS) is 19.2. The third-order valence-corrected chi connectivity index (χ3v) is 5.26. The summed E-state index contributed by atoms with van der Waals surface area (Å²) in [5.41, 5.74) is 1.35. The minimum Gasteiger partial charge on any atom is -0.396 e. The van der Waals surface area contributed by atoms with Crippen LogP contribution in [0.15, 0.2) is 23.1 Å². The maximum Gasteiger partial charge on any atom is 0.240 e. The number of hydrogen-bond donors (Lipinski definition) is 3. The first kappa shape index (κ1) is 15.9. The largest absolute Gasteiger partial charge is 0.396 e. The summed E-state index contributed by atoms with van der Waals surface area (Å²) in [6, 6.07) is 4.32. The molecule has 0 bridgehead atoms. The topological polar surface area (TPSA) is 95.5 Å². The molecule has 21 heavy (non-hydrogen) atoms. The van der Waals surface area contributed by atoms with E-state index in [1.54, 1.807) is 13.0 Å². The Morgan fingerprint density at radius 2 is 2.14 bits per heavy atom. The maximum absolute atomic E-state index is 12.4. The Bertz CT molecular complexity index is 642. The summed E-state index contributed by atoms with van der Waals surface area (Å²) < 4.78 is 27.3. The molecule has 0 radical (unpaired) electrons.